The van der Waals surface area contributed by atoms with Crippen molar-refractivity contribution in [1.29, 1.82) is 0 Å². The molecule has 0 aromatic heterocycles. The SMILES string of the molecule is COc1ccc(Br)c(C#Cc2ccccc2)c1. The van der Waals surface area contributed by atoms with Gasteiger partial charge in [-0.05, 0) is 46.3 Å². The third-order valence-electron chi connectivity index (χ3n) is 2.29. The van der Waals surface area contributed by atoms with Gasteiger partial charge in [0.1, 0.15) is 5.75 Å². The summed E-state index contributed by atoms with van der Waals surface area (Å²) in [5.74, 6) is 7.06. The maximum Gasteiger partial charge on any atom is 0.120 e. The number of hydrogen-bond donors (Lipinski definition) is 0. The zero-order valence-electron chi connectivity index (χ0n) is 9.41. The van der Waals surface area contributed by atoms with E-state index >= 15 is 0 Å². The summed E-state index contributed by atoms with van der Waals surface area (Å²) in [6.45, 7) is 0. The zero-order valence-corrected chi connectivity index (χ0v) is 11.0. The van der Waals surface area contributed by atoms with Crippen molar-refractivity contribution in [3.8, 4) is 17.6 Å². The van der Waals surface area contributed by atoms with Crippen LogP contribution >= 0.6 is 15.9 Å². The smallest absolute Gasteiger partial charge is 0.120 e. The van der Waals surface area contributed by atoms with E-state index in [9.17, 15) is 0 Å². The van der Waals surface area contributed by atoms with Gasteiger partial charge in [0, 0.05) is 15.6 Å². The Morgan fingerprint density at radius 2 is 1.76 bits per heavy atom. The number of rotatable bonds is 1. The van der Waals surface area contributed by atoms with Crippen LogP contribution in [-0.4, -0.2) is 7.11 Å². The van der Waals surface area contributed by atoms with Crippen LogP contribution in [0.3, 0.4) is 0 Å². The second-order valence-corrected chi connectivity index (χ2v) is 4.32. The molecular formula is C15H11BrO. The lowest BCUT2D eigenvalue weighted by Gasteiger charge is -2.01. The van der Waals surface area contributed by atoms with Crippen molar-refractivity contribution in [1.82, 2.24) is 0 Å². The first kappa shape index (κ1) is 11.8. The molecule has 0 saturated carbocycles. The maximum absolute atomic E-state index is 5.17. The predicted molar refractivity (Wildman–Crippen MR) is 73.1 cm³/mol. The summed E-state index contributed by atoms with van der Waals surface area (Å²) in [7, 11) is 1.65. The number of methoxy groups -OCH3 is 1. The molecule has 0 aliphatic carbocycles. The average Bonchev–Trinajstić information content (AvgIpc) is 2.39. The lowest BCUT2D eigenvalue weighted by Crippen LogP contribution is -1.85. The second kappa shape index (κ2) is 5.56. The van der Waals surface area contributed by atoms with Crippen molar-refractivity contribution >= 4 is 15.9 Å². The molecule has 2 aromatic rings. The minimum absolute atomic E-state index is 0.811. The highest BCUT2D eigenvalue weighted by atomic mass is 79.9. The molecule has 0 N–H and O–H groups in total. The van der Waals surface area contributed by atoms with Crippen LogP contribution in [0.5, 0.6) is 5.75 Å². The van der Waals surface area contributed by atoms with Gasteiger partial charge in [-0.15, -0.1) is 0 Å². The Morgan fingerprint density at radius 3 is 2.47 bits per heavy atom. The Hall–Kier alpha value is -1.72. The van der Waals surface area contributed by atoms with E-state index in [4.69, 9.17) is 4.74 Å². The van der Waals surface area contributed by atoms with Crippen LogP contribution in [-0.2, 0) is 0 Å². The highest BCUT2D eigenvalue weighted by Crippen LogP contribution is 2.21. The third kappa shape index (κ3) is 3.12. The topological polar surface area (TPSA) is 9.23 Å². The molecule has 2 heteroatoms. The molecule has 0 aliphatic heterocycles. The Kier molecular flexibility index (Phi) is 3.85. The third-order valence-corrected chi connectivity index (χ3v) is 2.98. The van der Waals surface area contributed by atoms with Gasteiger partial charge in [0.2, 0.25) is 0 Å². The predicted octanol–water partition coefficient (Wildman–Crippen LogP) is 3.86. The Bertz CT molecular complexity index is 564. The minimum atomic E-state index is 0.811. The van der Waals surface area contributed by atoms with E-state index in [1.54, 1.807) is 7.11 Å². The molecule has 84 valence electrons. The van der Waals surface area contributed by atoms with Crippen LogP contribution in [0.15, 0.2) is 53.0 Å². The molecule has 0 amide bonds. The first-order valence-electron chi connectivity index (χ1n) is 5.20. The fourth-order valence-electron chi connectivity index (χ4n) is 1.39. The molecular weight excluding hydrogens is 276 g/mol. The molecule has 17 heavy (non-hydrogen) atoms. The molecule has 0 spiro atoms. The molecule has 0 atom stereocenters. The van der Waals surface area contributed by atoms with E-state index in [2.05, 4.69) is 27.8 Å². The van der Waals surface area contributed by atoms with Crippen molar-refractivity contribution in [2.45, 2.75) is 0 Å². The summed E-state index contributed by atoms with van der Waals surface area (Å²) in [6, 6.07) is 15.7. The molecule has 0 aliphatic rings. The van der Waals surface area contributed by atoms with Crippen molar-refractivity contribution in [3.63, 3.8) is 0 Å². The molecule has 0 heterocycles. The van der Waals surface area contributed by atoms with Gasteiger partial charge < -0.3 is 4.74 Å². The molecule has 1 nitrogen and oxygen atoms in total. The summed E-state index contributed by atoms with van der Waals surface area (Å²) in [4.78, 5) is 0. The highest BCUT2D eigenvalue weighted by molar-refractivity contribution is 9.10. The summed E-state index contributed by atoms with van der Waals surface area (Å²) in [5, 5.41) is 0. The van der Waals surface area contributed by atoms with Gasteiger partial charge in [0.05, 0.1) is 7.11 Å². The van der Waals surface area contributed by atoms with E-state index in [-0.39, 0.29) is 0 Å². The highest BCUT2D eigenvalue weighted by Gasteiger charge is 1.98. The van der Waals surface area contributed by atoms with Crippen molar-refractivity contribution in [2.75, 3.05) is 7.11 Å². The van der Waals surface area contributed by atoms with Gasteiger partial charge in [-0.1, -0.05) is 30.0 Å². The van der Waals surface area contributed by atoms with Crippen LogP contribution in [0.2, 0.25) is 0 Å². The summed E-state index contributed by atoms with van der Waals surface area (Å²) in [5.41, 5.74) is 1.93. The quantitative estimate of drug-likeness (QED) is 0.724. The fourth-order valence-corrected chi connectivity index (χ4v) is 1.73. The molecule has 0 unspecified atom stereocenters. The van der Waals surface area contributed by atoms with Crippen molar-refractivity contribution < 1.29 is 4.74 Å². The van der Waals surface area contributed by atoms with Crippen LogP contribution in [0.25, 0.3) is 0 Å². The first-order valence-corrected chi connectivity index (χ1v) is 5.99. The van der Waals surface area contributed by atoms with Gasteiger partial charge in [-0.2, -0.15) is 0 Å². The molecule has 0 radical (unpaired) electrons. The lowest BCUT2D eigenvalue weighted by molar-refractivity contribution is 0.414. The maximum atomic E-state index is 5.17. The lowest BCUT2D eigenvalue weighted by atomic mass is 10.2. The average molecular weight is 287 g/mol. The first-order chi connectivity index (χ1) is 8.29. The number of hydrogen-bond acceptors (Lipinski definition) is 1. The van der Waals surface area contributed by atoms with Crippen LogP contribution < -0.4 is 4.74 Å². The number of halogens is 1. The zero-order chi connectivity index (χ0) is 12.1. The van der Waals surface area contributed by atoms with Crippen LogP contribution in [0.4, 0.5) is 0 Å². The normalized spacial score (nSPS) is 9.29. The summed E-state index contributed by atoms with van der Waals surface area (Å²) in [6.07, 6.45) is 0. The van der Waals surface area contributed by atoms with E-state index in [1.807, 2.05) is 48.5 Å². The van der Waals surface area contributed by atoms with Gasteiger partial charge in [-0.25, -0.2) is 0 Å². The van der Waals surface area contributed by atoms with E-state index in [0.717, 1.165) is 21.3 Å². The van der Waals surface area contributed by atoms with Gasteiger partial charge in [0.25, 0.3) is 0 Å². The summed E-state index contributed by atoms with van der Waals surface area (Å²) >= 11 is 3.48. The molecule has 2 aromatic carbocycles. The van der Waals surface area contributed by atoms with Gasteiger partial charge in [-0.3, -0.25) is 0 Å². The van der Waals surface area contributed by atoms with Gasteiger partial charge >= 0.3 is 0 Å². The second-order valence-electron chi connectivity index (χ2n) is 3.46. The number of benzene rings is 2. The Labute approximate surface area is 110 Å². The van der Waals surface area contributed by atoms with E-state index in [1.165, 1.54) is 0 Å². The monoisotopic (exact) mass is 286 g/mol. The van der Waals surface area contributed by atoms with Crippen molar-refractivity contribution in [2.24, 2.45) is 0 Å². The van der Waals surface area contributed by atoms with Crippen LogP contribution in [0.1, 0.15) is 11.1 Å². The molecule has 0 saturated heterocycles. The van der Waals surface area contributed by atoms with E-state index < -0.39 is 0 Å². The standard InChI is InChI=1S/C15H11BrO/c1-17-14-9-10-15(16)13(11-14)8-7-12-5-3-2-4-6-12/h2-6,9-11H,1H3. The molecule has 0 bridgehead atoms. The largest absolute Gasteiger partial charge is 0.497 e. The summed E-state index contributed by atoms with van der Waals surface area (Å²) < 4.78 is 6.15. The molecule has 0 fully saturated rings. The van der Waals surface area contributed by atoms with Gasteiger partial charge in [0.15, 0.2) is 0 Å². The van der Waals surface area contributed by atoms with Crippen LogP contribution in [0, 0.1) is 11.8 Å². The van der Waals surface area contributed by atoms with Crippen molar-refractivity contribution in [3.05, 3.63) is 64.1 Å². The Morgan fingerprint density at radius 1 is 1.00 bits per heavy atom. The van der Waals surface area contributed by atoms with E-state index in [0.29, 0.717) is 0 Å². The Balaban J connectivity index is 2.33. The number of ether oxygens (including phenoxy) is 1. The molecule has 2 rings (SSSR count). The minimum Gasteiger partial charge on any atom is -0.497 e. The fraction of sp³-hybridized carbons (Fsp3) is 0.0667.